The highest BCUT2D eigenvalue weighted by atomic mass is 35.7. The predicted octanol–water partition coefficient (Wildman–Crippen LogP) is 2.55. The van der Waals surface area contributed by atoms with E-state index in [0.717, 1.165) is 0 Å². The molecule has 0 spiro atoms. The van der Waals surface area contributed by atoms with Crippen molar-refractivity contribution in [1.29, 1.82) is 0 Å². The van der Waals surface area contributed by atoms with Crippen molar-refractivity contribution in [2.45, 2.75) is 11.8 Å². The van der Waals surface area contributed by atoms with Crippen molar-refractivity contribution >= 4 is 42.9 Å². The van der Waals surface area contributed by atoms with Gasteiger partial charge in [-0.25, -0.2) is 8.42 Å². The molecule has 20 heavy (non-hydrogen) atoms. The van der Waals surface area contributed by atoms with E-state index in [-0.39, 0.29) is 15.8 Å². The Labute approximate surface area is 124 Å². The number of nitrogens with one attached hydrogen (secondary N) is 2. The van der Waals surface area contributed by atoms with E-state index < -0.39 is 9.05 Å². The van der Waals surface area contributed by atoms with Crippen LogP contribution in [-0.2, 0) is 9.05 Å². The third kappa shape index (κ3) is 3.12. The van der Waals surface area contributed by atoms with Crippen molar-refractivity contribution in [3.63, 3.8) is 0 Å². The smallest absolute Gasteiger partial charge is 0.262 e. The molecule has 0 aliphatic heterocycles. The quantitative estimate of drug-likeness (QED) is 0.844. The molecule has 0 aliphatic carbocycles. The molecule has 106 valence electrons. The van der Waals surface area contributed by atoms with Crippen LogP contribution in [0.3, 0.4) is 0 Å². The van der Waals surface area contributed by atoms with Crippen LogP contribution in [0.15, 0.2) is 29.3 Å². The summed E-state index contributed by atoms with van der Waals surface area (Å²) in [5.41, 5.74) is 1.35. The first-order valence-corrected chi connectivity index (χ1v) is 8.03. The summed E-state index contributed by atoms with van der Waals surface area (Å²) in [6.45, 7) is 1.71. The number of aromatic amines is 1. The summed E-state index contributed by atoms with van der Waals surface area (Å²) in [4.78, 5) is 11.7. The van der Waals surface area contributed by atoms with Gasteiger partial charge in [-0.2, -0.15) is 5.10 Å². The average Bonchev–Trinajstić information content (AvgIpc) is 2.73. The van der Waals surface area contributed by atoms with E-state index in [0.29, 0.717) is 16.9 Å². The Morgan fingerprint density at radius 2 is 2.10 bits per heavy atom. The SMILES string of the molecule is Cc1[nH]ncc1C(=O)Nc1ccc(S(=O)(=O)Cl)c(Cl)c1. The lowest BCUT2D eigenvalue weighted by molar-refractivity contribution is 0.102. The van der Waals surface area contributed by atoms with Crippen molar-refractivity contribution < 1.29 is 13.2 Å². The molecule has 2 aromatic rings. The molecule has 1 aromatic heterocycles. The van der Waals surface area contributed by atoms with Gasteiger partial charge in [0.15, 0.2) is 0 Å². The molecule has 0 bridgehead atoms. The Hall–Kier alpha value is -1.57. The van der Waals surface area contributed by atoms with Crippen LogP contribution in [0.5, 0.6) is 0 Å². The Balaban J connectivity index is 2.26. The number of carbonyl (C=O) groups excluding carboxylic acids is 1. The molecule has 9 heteroatoms. The Kier molecular flexibility index (Phi) is 4.03. The topological polar surface area (TPSA) is 91.9 Å². The van der Waals surface area contributed by atoms with E-state index in [1.807, 2.05) is 0 Å². The summed E-state index contributed by atoms with van der Waals surface area (Å²) in [6.07, 6.45) is 1.39. The number of H-pyrrole nitrogens is 1. The number of nitrogens with zero attached hydrogens (tertiary/aromatic N) is 1. The van der Waals surface area contributed by atoms with E-state index in [2.05, 4.69) is 15.5 Å². The van der Waals surface area contributed by atoms with Crippen LogP contribution in [-0.4, -0.2) is 24.5 Å². The summed E-state index contributed by atoms with van der Waals surface area (Å²) in [7, 11) is 1.30. The number of rotatable bonds is 3. The first-order chi connectivity index (χ1) is 9.29. The van der Waals surface area contributed by atoms with Crippen LogP contribution < -0.4 is 5.32 Å². The maximum atomic E-state index is 11.9. The minimum absolute atomic E-state index is 0.0679. The number of halogens is 2. The number of carbonyl (C=O) groups is 1. The van der Waals surface area contributed by atoms with Gasteiger partial charge in [0.1, 0.15) is 4.90 Å². The Morgan fingerprint density at radius 1 is 1.40 bits per heavy atom. The van der Waals surface area contributed by atoms with Gasteiger partial charge < -0.3 is 5.32 Å². The van der Waals surface area contributed by atoms with Gasteiger partial charge in [-0.15, -0.1) is 0 Å². The second kappa shape index (κ2) is 5.43. The Bertz CT molecular complexity index is 771. The molecule has 6 nitrogen and oxygen atoms in total. The third-order valence-corrected chi connectivity index (χ3v) is 4.33. The van der Waals surface area contributed by atoms with Gasteiger partial charge in [-0.05, 0) is 25.1 Å². The van der Waals surface area contributed by atoms with Gasteiger partial charge in [0.25, 0.3) is 15.0 Å². The van der Waals surface area contributed by atoms with Crippen molar-refractivity contribution in [3.8, 4) is 0 Å². The molecule has 0 saturated carbocycles. The first kappa shape index (κ1) is 14.8. The minimum atomic E-state index is -3.92. The molecule has 2 rings (SSSR count). The van der Waals surface area contributed by atoms with Gasteiger partial charge in [-0.3, -0.25) is 9.89 Å². The fraction of sp³-hybridized carbons (Fsp3) is 0.0909. The summed E-state index contributed by atoms with van der Waals surface area (Å²) in [6, 6.07) is 3.93. The zero-order chi connectivity index (χ0) is 14.9. The number of hydrogen-bond donors (Lipinski definition) is 2. The fourth-order valence-electron chi connectivity index (χ4n) is 1.55. The number of aryl methyl sites for hydroxylation is 1. The second-order valence-corrected chi connectivity index (χ2v) is 6.89. The molecule has 1 amide bonds. The van der Waals surface area contributed by atoms with Crippen LogP contribution in [0.25, 0.3) is 0 Å². The Morgan fingerprint density at radius 3 is 2.60 bits per heavy atom. The molecule has 1 aromatic carbocycles. The summed E-state index contributed by atoms with van der Waals surface area (Å²) in [5, 5.41) is 8.90. The highest BCUT2D eigenvalue weighted by Crippen LogP contribution is 2.27. The highest BCUT2D eigenvalue weighted by molar-refractivity contribution is 8.13. The number of hydrogen-bond acceptors (Lipinski definition) is 4. The van der Waals surface area contributed by atoms with E-state index in [1.165, 1.54) is 24.4 Å². The monoisotopic (exact) mass is 333 g/mol. The summed E-state index contributed by atoms with van der Waals surface area (Å²) >= 11 is 5.82. The van der Waals surface area contributed by atoms with Crippen molar-refractivity contribution in [1.82, 2.24) is 10.2 Å². The lowest BCUT2D eigenvalue weighted by Crippen LogP contribution is -2.12. The summed E-state index contributed by atoms with van der Waals surface area (Å²) in [5.74, 6) is -0.381. The lowest BCUT2D eigenvalue weighted by atomic mass is 10.2. The van der Waals surface area contributed by atoms with Crippen molar-refractivity contribution in [2.75, 3.05) is 5.32 Å². The van der Waals surface area contributed by atoms with Crippen LogP contribution in [0, 0.1) is 6.92 Å². The van der Waals surface area contributed by atoms with Crippen LogP contribution in [0.1, 0.15) is 16.1 Å². The van der Waals surface area contributed by atoms with Crippen LogP contribution >= 0.6 is 22.3 Å². The minimum Gasteiger partial charge on any atom is -0.322 e. The van der Waals surface area contributed by atoms with Crippen LogP contribution in [0.2, 0.25) is 5.02 Å². The summed E-state index contributed by atoms with van der Waals surface area (Å²) < 4.78 is 22.4. The highest BCUT2D eigenvalue weighted by Gasteiger charge is 2.16. The first-order valence-electron chi connectivity index (χ1n) is 5.34. The number of anilines is 1. The van der Waals surface area contributed by atoms with Gasteiger partial charge in [0.2, 0.25) is 0 Å². The molecule has 0 atom stereocenters. The molecular weight excluding hydrogens is 325 g/mol. The molecule has 0 unspecified atom stereocenters. The zero-order valence-corrected chi connectivity index (χ0v) is 12.5. The number of amides is 1. The second-order valence-electron chi connectivity index (χ2n) is 3.95. The third-order valence-electron chi connectivity index (χ3n) is 2.53. The molecule has 1 heterocycles. The maximum absolute atomic E-state index is 11.9. The van der Waals surface area contributed by atoms with E-state index in [9.17, 15) is 13.2 Å². The average molecular weight is 334 g/mol. The van der Waals surface area contributed by atoms with E-state index >= 15 is 0 Å². The fourth-order valence-corrected chi connectivity index (χ4v) is 3.08. The van der Waals surface area contributed by atoms with E-state index in [1.54, 1.807) is 6.92 Å². The largest absolute Gasteiger partial charge is 0.322 e. The van der Waals surface area contributed by atoms with Crippen LogP contribution in [0.4, 0.5) is 5.69 Å². The van der Waals surface area contributed by atoms with Gasteiger partial charge in [0.05, 0.1) is 16.8 Å². The number of benzene rings is 1. The molecule has 0 saturated heterocycles. The predicted molar refractivity (Wildman–Crippen MR) is 75.8 cm³/mol. The van der Waals surface area contributed by atoms with Crippen molar-refractivity contribution in [3.05, 3.63) is 40.7 Å². The molecule has 0 fully saturated rings. The van der Waals surface area contributed by atoms with Gasteiger partial charge in [-0.1, -0.05) is 11.6 Å². The van der Waals surface area contributed by atoms with Gasteiger partial charge in [0, 0.05) is 22.1 Å². The lowest BCUT2D eigenvalue weighted by Gasteiger charge is -2.06. The normalized spacial score (nSPS) is 11.3. The molecule has 0 aliphatic rings. The molecular formula is C11H9Cl2N3O3S. The maximum Gasteiger partial charge on any atom is 0.262 e. The molecule has 2 N–H and O–H groups in total. The molecule has 0 radical (unpaired) electrons. The van der Waals surface area contributed by atoms with Crippen molar-refractivity contribution in [2.24, 2.45) is 0 Å². The number of aromatic nitrogens is 2. The van der Waals surface area contributed by atoms with E-state index in [4.69, 9.17) is 22.3 Å². The zero-order valence-electron chi connectivity index (χ0n) is 10.1. The standard InChI is InChI=1S/C11H9Cl2N3O3S/c1-6-8(5-14-16-6)11(17)15-7-2-3-10(9(12)4-7)20(13,18)19/h2-5H,1H3,(H,14,16)(H,15,17). The van der Waals surface area contributed by atoms with Gasteiger partial charge >= 0.3 is 0 Å².